The highest BCUT2D eigenvalue weighted by molar-refractivity contribution is 5.85. The van der Waals surface area contributed by atoms with Crippen molar-refractivity contribution >= 4 is 12.4 Å². The largest absolute Gasteiger partial charge is 0.416 e. The van der Waals surface area contributed by atoms with Gasteiger partial charge in [-0.3, -0.25) is 4.90 Å². The Kier molecular flexibility index (Phi) is 7.11. The second kappa shape index (κ2) is 8.69. The van der Waals surface area contributed by atoms with Crippen LogP contribution < -0.4 is 5.32 Å². The molecule has 2 aliphatic rings. The molecule has 1 atom stereocenters. The predicted octanol–water partition coefficient (Wildman–Crippen LogP) is 4.79. The van der Waals surface area contributed by atoms with Gasteiger partial charge in [-0.15, -0.1) is 12.4 Å². The van der Waals surface area contributed by atoms with Crippen molar-refractivity contribution in [2.24, 2.45) is 5.92 Å². The lowest BCUT2D eigenvalue weighted by Gasteiger charge is -2.41. The van der Waals surface area contributed by atoms with Crippen molar-refractivity contribution in [3.05, 3.63) is 35.1 Å². The number of hydrogen-bond acceptors (Lipinski definition) is 2. The zero-order chi connectivity index (χ0) is 17.2. The first-order chi connectivity index (χ1) is 11.5. The highest BCUT2D eigenvalue weighted by atomic mass is 35.5. The van der Waals surface area contributed by atoms with E-state index in [1.807, 2.05) is 0 Å². The molecule has 1 saturated carbocycles. The van der Waals surface area contributed by atoms with E-state index in [4.69, 9.17) is 0 Å². The number of benzene rings is 1. The average Bonchev–Trinajstić information content (AvgIpc) is 2.58. The fraction of sp³-hybridized carbons (Fsp3) is 0.667. The van der Waals surface area contributed by atoms with E-state index in [0.29, 0.717) is 17.5 Å². The van der Waals surface area contributed by atoms with Crippen molar-refractivity contribution in [3.8, 4) is 0 Å². The molecule has 0 radical (unpaired) electrons. The topological polar surface area (TPSA) is 15.3 Å². The van der Waals surface area contributed by atoms with Gasteiger partial charge < -0.3 is 5.32 Å². The van der Waals surface area contributed by atoms with Crippen molar-refractivity contribution in [1.82, 2.24) is 10.2 Å². The zero-order valence-electron chi connectivity index (χ0n) is 14.1. The molecule has 2 nitrogen and oxygen atoms in total. The van der Waals surface area contributed by atoms with Crippen LogP contribution in [0.15, 0.2) is 18.2 Å². The monoisotopic (exact) mass is 380 g/mol. The van der Waals surface area contributed by atoms with Gasteiger partial charge in [-0.05, 0) is 30.9 Å². The summed E-state index contributed by atoms with van der Waals surface area (Å²) < 4.78 is 53.1. The Morgan fingerprint density at radius 2 is 1.68 bits per heavy atom. The van der Waals surface area contributed by atoms with E-state index >= 15 is 0 Å². The average molecular weight is 381 g/mol. The van der Waals surface area contributed by atoms with Gasteiger partial charge in [0, 0.05) is 37.8 Å². The molecular weight excluding hydrogens is 356 g/mol. The van der Waals surface area contributed by atoms with Crippen LogP contribution in [0.1, 0.15) is 49.3 Å². The van der Waals surface area contributed by atoms with Gasteiger partial charge in [-0.1, -0.05) is 25.3 Å². The van der Waals surface area contributed by atoms with Gasteiger partial charge in [0.2, 0.25) is 0 Å². The van der Waals surface area contributed by atoms with Crippen molar-refractivity contribution in [3.63, 3.8) is 0 Å². The van der Waals surface area contributed by atoms with Crippen molar-refractivity contribution < 1.29 is 17.6 Å². The van der Waals surface area contributed by atoms with Crippen LogP contribution in [0, 0.1) is 11.7 Å². The highest BCUT2D eigenvalue weighted by Gasteiger charge is 2.35. The molecule has 1 saturated heterocycles. The van der Waals surface area contributed by atoms with E-state index in [2.05, 4.69) is 10.2 Å². The molecule has 1 aromatic rings. The van der Waals surface area contributed by atoms with Gasteiger partial charge in [-0.25, -0.2) is 4.39 Å². The van der Waals surface area contributed by atoms with E-state index < -0.39 is 17.6 Å². The maximum Gasteiger partial charge on any atom is 0.416 e. The molecule has 25 heavy (non-hydrogen) atoms. The molecule has 7 heteroatoms. The number of piperazine rings is 1. The van der Waals surface area contributed by atoms with Crippen molar-refractivity contribution in [1.29, 1.82) is 0 Å². The minimum atomic E-state index is -4.51. The molecule has 142 valence electrons. The summed E-state index contributed by atoms with van der Waals surface area (Å²) in [5.74, 6) is -0.401. The molecule has 1 aromatic carbocycles. The molecule has 3 rings (SSSR count). The first kappa shape index (κ1) is 20.5. The molecular formula is C18H25ClF4N2. The summed E-state index contributed by atoms with van der Waals surface area (Å²) in [6.07, 6.45) is 0.976. The second-order valence-electron chi connectivity index (χ2n) is 6.86. The molecule has 0 unspecified atom stereocenters. The van der Waals surface area contributed by atoms with Crippen LogP contribution in [0.3, 0.4) is 0 Å². The lowest BCUT2D eigenvalue weighted by atomic mass is 9.80. The minimum absolute atomic E-state index is 0. The summed E-state index contributed by atoms with van der Waals surface area (Å²) in [7, 11) is 0. The fourth-order valence-corrected chi connectivity index (χ4v) is 4.10. The Morgan fingerprint density at radius 3 is 2.24 bits per heavy atom. The lowest BCUT2D eigenvalue weighted by molar-refractivity contribution is -0.137. The van der Waals surface area contributed by atoms with E-state index in [9.17, 15) is 17.6 Å². The summed E-state index contributed by atoms with van der Waals surface area (Å²) in [6.45, 7) is 3.29. The molecule has 2 fully saturated rings. The molecule has 1 aliphatic heterocycles. The Balaban J connectivity index is 0.00000225. The number of alkyl halides is 3. The van der Waals surface area contributed by atoms with Crippen LogP contribution in [0.2, 0.25) is 0 Å². The smallest absolute Gasteiger partial charge is 0.314 e. The molecule has 0 bridgehead atoms. The van der Waals surface area contributed by atoms with E-state index in [1.165, 1.54) is 12.5 Å². The molecule has 0 amide bonds. The van der Waals surface area contributed by atoms with Gasteiger partial charge in [0.05, 0.1) is 5.56 Å². The maximum absolute atomic E-state index is 14.6. The van der Waals surface area contributed by atoms with Gasteiger partial charge in [0.25, 0.3) is 0 Å². The molecule has 1 heterocycles. The standard InChI is InChI=1S/C18H24F4N2.ClH/c19-16-12-14(18(20,21)22)6-7-15(16)17(13-4-2-1-3-5-13)24-10-8-23-9-11-24;/h6-7,12-13,17,23H,1-5,8-11H2;1H/t17-;/m1./s1. The Labute approximate surface area is 152 Å². The second-order valence-corrected chi connectivity index (χ2v) is 6.86. The number of rotatable bonds is 3. The van der Waals surface area contributed by atoms with Crippen LogP contribution in [-0.2, 0) is 6.18 Å². The summed E-state index contributed by atoms with van der Waals surface area (Å²) in [5.41, 5.74) is -0.483. The lowest BCUT2D eigenvalue weighted by Crippen LogP contribution is -2.47. The van der Waals surface area contributed by atoms with Gasteiger partial charge >= 0.3 is 6.18 Å². The van der Waals surface area contributed by atoms with E-state index in [-0.39, 0.29) is 18.4 Å². The van der Waals surface area contributed by atoms with Gasteiger partial charge in [0.15, 0.2) is 0 Å². The maximum atomic E-state index is 14.6. The van der Waals surface area contributed by atoms with Crippen LogP contribution in [0.5, 0.6) is 0 Å². The summed E-state index contributed by atoms with van der Waals surface area (Å²) >= 11 is 0. The van der Waals surface area contributed by atoms with Gasteiger partial charge in [0.1, 0.15) is 5.82 Å². The zero-order valence-corrected chi connectivity index (χ0v) is 14.9. The Hall–Kier alpha value is -0.850. The predicted molar refractivity (Wildman–Crippen MR) is 92.4 cm³/mol. The van der Waals surface area contributed by atoms with Gasteiger partial charge in [-0.2, -0.15) is 13.2 Å². The van der Waals surface area contributed by atoms with Crippen LogP contribution in [-0.4, -0.2) is 31.1 Å². The molecule has 1 aliphatic carbocycles. The van der Waals surface area contributed by atoms with E-state index in [0.717, 1.165) is 57.9 Å². The van der Waals surface area contributed by atoms with Crippen LogP contribution >= 0.6 is 12.4 Å². The van der Waals surface area contributed by atoms with Crippen molar-refractivity contribution in [2.45, 2.75) is 44.3 Å². The quantitative estimate of drug-likeness (QED) is 0.758. The first-order valence-corrected chi connectivity index (χ1v) is 8.78. The number of nitrogens with one attached hydrogen (secondary N) is 1. The fourth-order valence-electron chi connectivity index (χ4n) is 4.10. The highest BCUT2D eigenvalue weighted by Crippen LogP contribution is 2.40. The van der Waals surface area contributed by atoms with Crippen LogP contribution in [0.25, 0.3) is 0 Å². The van der Waals surface area contributed by atoms with E-state index in [1.54, 1.807) is 0 Å². The molecule has 0 spiro atoms. The number of halogens is 5. The normalized spacial score (nSPS) is 21.6. The summed E-state index contributed by atoms with van der Waals surface area (Å²) in [4.78, 5) is 2.25. The minimum Gasteiger partial charge on any atom is -0.314 e. The third-order valence-electron chi connectivity index (χ3n) is 5.29. The Morgan fingerprint density at radius 1 is 1.04 bits per heavy atom. The number of hydrogen-bond donors (Lipinski definition) is 1. The SMILES string of the molecule is Cl.Fc1cc(C(F)(F)F)ccc1[C@@H](C1CCCCC1)N1CCNCC1. The Bertz CT molecular complexity index is 534. The van der Waals surface area contributed by atoms with Crippen molar-refractivity contribution in [2.75, 3.05) is 26.2 Å². The number of nitrogens with zero attached hydrogens (tertiary/aromatic N) is 1. The molecule has 1 N–H and O–H groups in total. The third-order valence-corrected chi connectivity index (χ3v) is 5.29. The molecule has 0 aromatic heterocycles. The summed E-state index contributed by atoms with van der Waals surface area (Å²) in [5, 5.41) is 3.28. The summed E-state index contributed by atoms with van der Waals surface area (Å²) in [6, 6.07) is 2.93. The first-order valence-electron chi connectivity index (χ1n) is 8.78. The third kappa shape index (κ3) is 4.86. The van der Waals surface area contributed by atoms with Crippen LogP contribution in [0.4, 0.5) is 17.6 Å².